The minimum absolute atomic E-state index is 0.0309. The van der Waals surface area contributed by atoms with Crippen LogP contribution in [-0.2, 0) is 14.3 Å². The number of allylic oxidation sites excluding steroid dienone is 2. The van der Waals surface area contributed by atoms with Crippen molar-refractivity contribution in [3.05, 3.63) is 51.0 Å². The van der Waals surface area contributed by atoms with Crippen molar-refractivity contribution in [2.45, 2.75) is 32.6 Å². The van der Waals surface area contributed by atoms with Gasteiger partial charge in [0, 0.05) is 23.2 Å². The first kappa shape index (κ1) is 19.3. The van der Waals surface area contributed by atoms with Crippen molar-refractivity contribution in [3.8, 4) is 6.07 Å². The Balaban J connectivity index is 2.20. The van der Waals surface area contributed by atoms with Crippen LogP contribution in [0.4, 0.5) is 5.69 Å². The van der Waals surface area contributed by atoms with E-state index in [4.69, 9.17) is 15.2 Å². The van der Waals surface area contributed by atoms with Crippen LogP contribution in [0, 0.1) is 11.3 Å². The Morgan fingerprint density at radius 1 is 1.44 bits per heavy atom. The smallest absolute Gasteiger partial charge is 0.338 e. The third-order valence-corrected chi connectivity index (χ3v) is 5.34. The molecule has 3 rings (SSSR count). The lowest BCUT2D eigenvalue weighted by molar-refractivity contribution is -0.139. The zero-order valence-electron chi connectivity index (χ0n) is 15.4. The van der Waals surface area contributed by atoms with Gasteiger partial charge in [-0.15, -0.1) is 0 Å². The van der Waals surface area contributed by atoms with Gasteiger partial charge in [0.25, 0.3) is 0 Å². The Kier molecular flexibility index (Phi) is 5.76. The van der Waals surface area contributed by atoms with E-state index in [0.717, 1.165) is 41.7 Å². The Morgan fingerprint density at radius 3 is 2.78 bits per heavy atom. The molecule has 2 N–H and O–H groups in total. The van der Waals surface area contributed by atoms with Crippen molar-refractivity contribution in [1.29, 1.82) is 5.26 Å². The van der Waals surface area contributed by atoms with Gasteiger partial charge in [-0.05, 0) is 44.4 Å². The summed E-state index contributed by atoms with van der Waals surface area (Å²) in [6.07, 6.45) is 2.23. The van der Waals surface area contributed by atoms with Gasteiger partial charge in [0.2, 0.25) is 5.88 Å². The second kappa shape index (κ2) is 8.05. The van der Waals surface area contributed by atoms with Gasteiger partial charge in [-0.2, -0.15) is 5.26 Å². The van der Waals surface area contributed by atoms with E-state index in [0.29, 0.717) is 11.3 Å². The zero-order chi connectivity index (χ0) is 19.6. The molecule has 0 amide bonds. The van der Waals surface area contributed by atoms with Gasteiger partial charge in [-0.3, -0.25) is 0 Å². The van der Waals surface area contributed by atoms with E-state index in [2.05, 4.69) is 26.9 Å². The van der Waals surface area contributed by atoms with Crippen LogP contribution in [-0.4, -0.2) is 25.7 Å². The van der Waals surface area contributed by atoms with Crippen LogP contribution in [0.1, 0.15) is 38.2 Å². The number of carbonyl (C=O) groups is 1. The van der Waals surface area contributed by atoms with Crippen molar-refractivity contribution >= 4 is 27.6 Å². The number of nitrogens with zero attached hydrogens (tertiary/aromatic N) is 2. The fraction of sp³-hybridized carbons (Fsp3) is 0.400. The topological polar surface area (TPSA) is 88.6 Å². The molecule has 1 saturated heterocycles. The molecular formula is C20H22BrN3O3. The van der Waals surface area contributed by atoms with Crippen molar-refractivity contribution in [3.63, 3.8) is 0 Å². The zero-order valence-corrected chi connectivity index (χ0v) is 17.0. The van der Waals surface area contributed by atoms with E-state index in [-0.39, 0.29) is 18.1 Å². The second-order valence-electron chi connectivity index (χ2n) is 6.51. The molecule has 0 spiro atoms. The summed E-state index contributed by atoms with van der Waals surface area (Å²) in [6, 6.07) is 8.01. The molecule has 0 saturated carbocycles. The van der Waals surface area contributed by atoms with Crippen LogP contribution in [0.15, 0.2) is 45.5 Å². The molecule has 6 nitrogen and oxygen atoms in total. The first-order valence-electron chi connectivity index (χ1n) is 8.97. The number of esters is 1. The van der Waals surface area contributed by atoms with E-state index >= 15 is 0 Å². The molecule has 2 aliphatic heterocycles. The lowest BCUT2D eigenvalue weighted by atomic mass is 9.82. The van der Waals surface area contributed by atoms with Crippen molar-refractivity contribution in [1.82, 2.24) is 0 Å². The summed E-state index contributed by atoms with van der Waals surface area (Å²) in [6.45, 7) is 5.53. The summed E-state index contributed by atoms with van der Waals surface area (Å²) in [7, 11) is 0. The van der Waals surface area contributed by atoms with Gasteiger partial charge in [-0.25, -0.2) is 4.79 Å². The highest BCUT2D eigenvalue weighted by Crippen LogP contribution is 2.44. The molecular weight excluding hydrogens is 410 g/mol. The molecule has 142 valence electrons. The standard InChI is InChI=1S/C20H22BrN3O3/c1-3-26-20(25)17-12(2)27-19(23)15(11-22)18(17)14-7-6-13(21)10-16(14)24-8-4-5-9-24/h6-7,10,18H,3-5,8-9,23H2,1-2H3. The van der Waals surface area contributed by atoms with Crippen LogP contribution >= 0.6 is 15.9 Å². The molecule has 1 unspecified atom stereocenters. The summed E-state index contributed by atoms with van der Waals surface area (Å²) < 4.78 is 11.7. The predicted molar refractivity (Wildman–Crippen MR) is 106 cm³/mol. The number of nitriles is 1. The molecule has 1 fully saturated rings. The molecule has 27 heavy (non-hydrogen) atoms. The average Bonchev–Trinajstić information content (AvgIpc) is 3.16. The van der Waals surface area contributed by atoms with E-state index in [1.807, 2.05) is 18.2 Å². The number of ether oxygens (including phenoxy) is 2. The van der Waals surface area contributed by atoms with Crippen LogP contribution < -0.4 is 10.6 Å². The maximum absolute atomic E-state index is 12.7. The van der Waals surface area contributed by atoms with Crippen LogP contribution in [0.3, 0.4) is 0 Å². The van der Waals surface area contributed by atoms with E-state index in [1.165, 1.54) is 0 Å². The van der Waals surface area contributed by atoms with Gasteiger partial charge in [0.15, 0.2) is 0 Å². The number of nitrogens with two attached hydrogens (primary N) is 1. The summed E-state index contributed by atoms with van der Waals surface area (Å²) in [4.78, 5) is 15.0. The fourth-order valence-corrected chi connectivity index (χ4v) is 4.01. The predicted octanol–water partition coefficient (Wildman–Crippen LogP) is 3.69. The molecule has 2 heterocycles. The monoisotopic (exact) mass is 431 g/mol. The van der Waals surface area contributed by atoms with Gasteiger partial charge in [-0.1, -0.05) is 22.0 Å². The van der Waals surface area contributed by atoms with Crippen molar-refractivity contribution in [2.75, 3.05) is 24.6 Å². The number of benzene rings is 1. The molecule has 2 aliphatic rings. The van der Waals surface area contributed by atoms with Gasteiger partial charge >= 0.3 is 5.97 Å². The minimum atomic E-state index is -0.619. The molecule has 0 aliphatic carbocycles. The number of rotatable bonds is 4. The quantitative estimate of drug-likeness (QED) is 0.731. The van der Waals surface area contributed by atoms with Gasteiger partial charge in [0.05, 0.1) is 18.1 Å². The van der Waals surface area contributed by atoms with E-state index < -0.39 is 11.9 Å². The molecule has 7 heteroatoms. The summed E-state index contributed by atoms with van der Waals surface area (Å²) >= 11 is 3.54. The first-order valence-corrected chi connectivity index (χ1v) is 9.77. The summed E-state index contributed by atoms with van der Waals surface area (Å²) in [5.74, 6) is -0.712. The summed E-state index contributed by atoms with van der Waals surface area (Å²) in [5, 5.41) is 9.75. The van der Waals surface area contributed by atoms with Crippen molar-refractivity contribution in [2.24, 2.45) is 5.73 Å². The maximum atomic E-state index is 12.7. The molecule has 0 bridgehead atoms. The second-order valence-corrected chi connectivity index (χ2v) is 7.43. The Hall–Kier alpha value is -2.46. The lowest BCUT2D eigenvalue weighted by Gasteiger charge is -2.30. The highest BCUT2D eigenvalue weighted by atomic mass is 79.9. The molecule has 1 aromatic carbocycles. The number of hydrogen-bond acceptors (Lipinski definition) is 6. The molecule has 0 aromatic heterocycles. The lowest BCUT2D eigenvalue weighted by Crippen LogP contribution is -2.27. The normalized spacial score (nSPS) is 19.8. The first-order chi connectivity index (χ1) is 13.0. The summed E-state index contributed by atoms with van der Waals surface area (Å²) in [5.41, 5.74) is 8.40. The number of carbonyl (C=O) groups excluding carboxylic acids is 1. The Labute approximate surface area is 167 Å². The van der Waals surface area contributed by atoms with E-state index in [9.17, 15) is 10.1 Å². The van der Waals surface area contributed by atoms with Crippen LogP contribution in [0.25, 0.3) is 0 Å². The maximum Gasteiger partial charge on any atom is 0.338 e. The van der Waals surface area contributed by atoms with Crippen LogP contribution in [0.5, 0.6) is 0 Å². The van der Waals surface area contributed by atoms with Crippen LogP contribution in [0.2, 0.25) is 0 Å². The molecule has 1 atom stereocenters. The number of hydrogen-bond donors (Lipinski definition) is 1. The average molecular weight is 432 g/mol. The Morgan fingerprint density at radius 2 is 2.15 bits per heavy atom. The number of anilines is 1. The number of halogens is 1. The Bertz CT molecular complexity index is 864. The third kappa shape index (κ3) is 3.67. The SMILES string of the molecule is CCOC(=O)C1=C(C)OC(N)=C(C#N)C1c1ccc(Br)cc1N1CCCC1. The minimum Gasteiger partial charge on any atom is -0.463 e. The molecule has 1 aromatic rings. The van der Waals surface area contributed by atoms with Gasteiger partial charge in [0.1, 0.15) is 17.4 Å². The van der Waals surface area contributed by atoms with Gasteiger partial charge < -0.3 is 20.1 Å². The third-order valence-electron chi connectivity index (χ3n) is 4.85. The fourth-order valence-electron chi connectivity index (χ4n) is 3.66. The van der Waals surface area contributed by atoms with Crippen molar-refractivity contribution < 1.29 is 14.3 Å². The highest BCUT2D eigenvalue weighted by Gasteiger charge is 2.38. The highest BCUT2D eigenvalue weighted by molar-refractivity contribution is 9.10. The molecule has 0 radical (unpaired) electrons. The largest absolute Gasteiger partial charge is 0.463 e. The van der Waals surface area contributed by atoms with E-state index in [1.54, 1.807) is 13.8 Å².